The first kappa shape index (κ1) is 15.0. The van der Waals surface area contributed by atoms with Gasteiger partial charge in [0.25, 0.3) is 0 Å². The predicted octanol–water partition coefficient (Wildman–Crippen LogP) is 3.04. The van der Waals surface area contributed by atoms with Crippen molar-refractivity contribution in [2.24, 2.45) is 0 Å². The molecule has 3 nitrogen and oxygen atoms in total. The molecular weight excluding hydrogens is 276 g/mol. The predicted molar refractivity (Wildman–Crippen MR) is 87.1 cm³/mol. The third-order valence-electron chi connectivity index (χ3n) is 3.95. The van der Waals surface area contributed by atoms with E-state index in [2.05, 4.69) is 30.4 Å². The van der Waals surface area contributed by atoms with Gasteiger partial charge in [-0.3, -0.25) is 0 Å². The molecule has 1 fully saturated rings. The standard InChI is InChI=1S/C19H20O3/c20-13-19-17(21)12-18(22-19)16-8-4-7-15(11-16)10-9-14-5-2-1-3-6-14/h1-11,17-21H,12-13H2/b10-9+/t17-,18-,19+/m0/s1. The second-order valence-corrected chi connectivity index (χ2v) is 5.56. The Bertz CT molecular complexity index is 636. The number of benzene rings is 2. The van der Waals surface area contributed by atoms with E-state index in [-0.39, 0.29) is 12.7 Å². The van der Waals surface area contributed by atoms with Gasteiger partial charge in [0, 0.05) is 6.42 Å². The molecule has 0 unspecified atom stereocenters. The van der Waals surface area contributed by atoms with Crippen molar-refractivity contribution in [1.29, 1.82) is 0 Å². The lowest BCUT2D eigenvalue weighted by Crippen LogP contribution is -2.24. The molecule has 2 aromatic carbocycles. The van der Waals surface area contributed by atoms with Crippen molar-refractivity contribution in [3.63, 3.8) is 0 Å². The minimum Gasteiger partial charge on any atom is -0.394 e. The first-order chi connectivity index (χ1) is 10.8. The van der Waals surface area contributed by atoms with Crippen molar-refractivity contribution < 1.29 is 14.9 Å². The van der Waals surface area contributed by atoms with Crippen LogP contribution < -0.4 is 0 Å². The van der Waals surface area contributed by atoms with Crippen LogP contribution in [0.25, 0.3) is 12.2 Å². The lowest BCUT2D eigenvalue weighted by atomic mass is 10.0. The number of ether oxygens (including phenoxy) is 1. The van der Waals surface area contributed by atoms with Crippen LogP contribution in [0, 0.1) is 0 Å². The summed E-state index contributed by atoms with van der Waals surface area (Å²) in [7, 11) is 0. The van der Waals surface area contributed by atoms with Gasteiger partial charge in [-0.1, -0.05) is 60.7 Å². The van der Waals surface area contributed by atoms with E-state index >= 15 is 0 Å². The van der Waals surface area contributed by atoms with Crippen molar-refractivity contribution in [3.8, 4) is 0 Å². The molecule has 0 amide bonds. The summed E-state index contributed by atoms with van der Waals surface area (Å²) in [6, 6.07) is 18.2. The lowest BCUT2D eigenvalue weighted by molar-refractivity contribution is -0.0225. The molecular formula is C19H20O3. The van der Waals surface area contributed by atoms with Crippen molar-refractivity contribution in [2.45, 2.75) is 24.7 Å². The number of rotatable bonds is 4. The van der Waals surface area contributed by atoms with Gasteiger partial charge in [-0.05, 0) is 22.8 Å². The van der Waals surface area contributed by atoms with Gasteiger partial charge in [-0.2, -0.15) is 0 Å². The minimum absolute atomic E-state index is 0.148. The van der Waals surface area contributed by atoms with E-state index in [1.165, 1.54) is 0 Å². The van der Waals surface area contributed by atoms with Gasteiger partial charge < -0.3 is 14.9 Å². The molecule has 2 aromatic rings. The van der Waals surface area contributed by atoms with Crippen LogP contribution >= 0.6 is 0 Å². The fraction of sp³-hybridized carbons (Fsp3) is 0.263. The molecule has 0 spiro atoms. The molecule has 3 heteroatoms. The van der Waals surface area contributed by atoms with Crippen LogP contribution in [0.15, 0.2) is 54.6 Å². The molecule has 1 heterocycles. The zero-order chi connectivity index (χ0) is 15.4. The Labute approximate surface area is 130 Å². The van der Waals surface area contributed by atoms with E-state index in [0.717, 1.165) is 16.7 Å². The lowest BCUT2D eigenvalue weighted by Gasteiger charge is -2.12. The van der Waals surface area contributed by atoms with E-state index in [0.29, 0.717) is 6.42 Å². The van der Waals surface area contributed by atoms with Crippen molar-refractivity contribution in [1.82, 2.24) is 0 Å². The zero-order valence-corrected chi connectivity index (χ0v) is 12.3. The van der Waals surface area contributed by atoms with E-state index in [9.17, 15) is 5.11 Å². The molecule has 2 N–H and O–H groups in total. The number of aliphatic hydroxyl groups is 2. The highest BCUT2D eigenvalue weighted by Gasteiger charge is 2.34. The van der Waals surface area contributed by atoms with Crippen LogP contribution in [0.5, 0.6) is 0 Å². The monoisotopic (exact) mass is 296 g/mol. The maximum absolute atomic E-state index is 9.84. The van der Waals surface area contributed by atoms with E-state index < -0.39 is 12.2 Å². The van der Waals surface area contributed by atoms with Gasteiger partial charge in [0.15, 0.2) is 0 Å². The quantitative estimate of drug-likeness (QED) is 0.853. The normalized spacial score (nSPS) is 24.9. The van der Waals surface area contributed by atoms with Gasteiger partial charge >= 0.3 is 0 Å². The molecule has 114 valence electrons. The fourth-order valence-corrected chi connectivity index (χ4v) is 2.73. The topological polar surface area (TPSA) is 49.7 Å². The highest BCUT2D eigenvalue weighted by molar-refractivity contribution is 5.69. The van der Waals surface area contributed by atoms with Crippen molar-refractivity contribution >= 4 is 12.2 Å². The summed E-state index contributed by atoms with van der Waals surface area (Å²) >= 11 is 0. The molecule has 1 aliphatic rings. The van der Waals surface area contributed by atoms with E-state index in [1.54, 1.807) is 0 Å². The van der Waals surface area contributed by atoms with Crippen LogP contribution in [0.4, 0.5) is 0 Å². The summed E-state index contributed by atoms with van der Waals surface area (Å²) < 4.78 is 5.70. The van der Waals surface area contributed by atoms with Gasteiger partial charge in [-0.15, -0.1) is 0 Å². The second-order valence-electron chi connectivity index (χ2n) is 5.56. The Morgan fingerprint density at radius 1 is 1.00 bits per heavy atom. The van der Waals surface area contributed by atoms with Crippen molar-refractivity contribution in [2.75, 3.05) is 6.61 Å². The van der Waals surface area contributed by atoms with E-state index in [4.69, 9.17) is 9.84 Å². The van der Waals surface area contributed by atoms with Gasteiger partial charge in [0.05, 0.1) is 18.8 Å². The fourth-order valence-electron chi connectivity index (χ4n) is 2.73. The average molecular weight is 296 g/mol. The summed E-state index contributed by atoms with van der Waals surface area (Å²) in [5.74, 6) is 0. The largest absolute Gasteiger partial charge is 0.394 e. The van der Waals surface area contributed by atoms with Crippen LogP contribution in [0.3, 0.4) is 0 Å². The summed E-state index contributed by atoms with van der Waals surface area (Å²) in [6.45, 7) is -0.148. The van der Waals surface area contributed by atoms with Gasteiger partial charge in [-0.25, -0.2) is 0 Å². The maximum atomic E-state index is 9.84. The Balaban J connectivity index is 1.75. The van der Waals surface area contributed by atoms with Crippen LogP contribution in [-0.4, -0.2) is 29.0 Å². The van der Waals surface area contributed by atoms with E-state index in [1.807, 2.05) is 36.4 Å². The highest BCUT2D eigenvalue weighted by atomic mass is 16.5. The summed E-state index contributed by atoms with van der Waals surface area (Å²) in [6.07, 6.45) is 3.43. The van der Waals surface area contributed by atoms with Crippen LogP contribution in [-0.2, 0) is 4.74 Å². The highest BCUT2D eigenvalue weighted by Crippen LogP contribution is 2.33. The summed E-state index contributed by atoms with van der Waals surface area (Å²) in [5, 5.41) is 19.0. The molecule has 1 aliphatic heterocycles. The minimum atomic E-state index is -0.599. The van der Waals surface area contributed by atoms with Gasteiger partial charge in [0.1, 0.15) is 6.10 Å². The number of hydrogen-bond donors (Lipinski definition) is 2. The Morgan fingerprint density at radius 3 is 2.45 bits per heavy atom. The molecule has 3 rings (SSSR count). The molecule has 0 radical (unpaired) electrons. The molecule has 0 saturated carbocycles. The third kappa shape index (κ3) is 3.45. The zero-order valence-electron chi connectivity index (χ0n) is 12.3. The summed E-state index contributed by atoms with van der Waals surface area (Å²) in [5.41, 5.74) is 3.28. The molecule has 1 saturated heterocycles. The number of aliphatic hydroxyl groups excluding tert-OH is 2. The second kappa shape index (κ2) is 6.88. The summed E-state index contributed by atoms with van der Waals surface area (Å²) in [4.78, 5) is 0. The Hall–Kier alpha value is -1.94. The number of hydrogen-bond acceptors (Lipinski definition) is 3. The van der Waals surface area contributed by atoms with Gasteiger partial charge in [0.2, 0.25) is 0 Å². The van der Waals surface area contributed by atoms with Crippen molar-refractivity contribution in [3.05, 3.63) is 71.3 Å². The Kier molecular flexibility index (Phi) is 4.68. The first-order valence-corrected chi connectivity index (χ1v) is 7.54. The molecule has 0 aromatic heterocycles. The first-order valence-electron chi connectivity index (χ1n) is 7.54. The van der Waals surface area contributed by atoms with Crippen LogP contribution in [0.2, 0.25) is 0 Å². The molecule has 0 aliphatic carbocycles. The van der Waals surface area contributed by atoms with Crippen LogP contribution in [0.1, 0.15) is 29.2 Å². The maximum Gasteiger partial charge on any atom is 0.107 e. The SMILES string of the molecule is OC[C@H]1O[C@H](c2cccc(/C=C/c3ccccc3)c2)C[C@@H]1O. The average Bonchev–Trinajstić information content (AvgIpc) is 2.95. The molecule has 0 bridgehead atoms. The third-order valence-corrected chi connectivity index (χ3v) is 3.95. The smallest absolute Gasteiger partial charge is 0.107 e. The molecule has 22 heavy (non-hydrogen) atoms. The molecule has 3 atom stereocenters. The Morgan fingerprint density at radius 2 is 1.73 bits per heavy atom.